The Kier molecular flexibility index (Phi) is 7.38. The van der Waals surface area contributed by atoms with E-state index >= 15 is 0 Å². The number of hydrogen-bond acceptors (Lipinski definition) is 8. The maximum atomic E-state index is 13.5. The summed E-state index contributed by atoms with van der Waals surface area (Å²) in [5.41, 5.74) is 3.65. The van der Waals surface area contributed by atoms with Crippen molar-refractivity contribution in [1.29, 1.82) is 5.26 Å². The minimum atomic E-state index is -0.523. The molecule has 5 rings (SSSR count). The highest BCUT2D eigenvalue weighted by Gasteiger charge is 2.27. The van der Waals surface area contributed by atoms with Gasteiger partial charge in [-0.2, -0.15) is 10.4 Å². The Hall–Kier alpha value is -4.17. The minimum Gasteiger partial charge on any atom is -0.444 e. The van der Waals surface area contributed by atoms with E-state index in [2.05, 4.69) is 33.4 Å². The number of aromatic nitrogens is 3. The maximum Gasteiger partial charge on any atom is 0.410 e. The average Bonchev–Trinajstić information content (AvgIpc) is 3.50. The number of halogens is 1. The predicted molar refractivity (Wildman–Crippen MR) is 156 cm³/mol. The van der Waals surface area contributed by atoms with E-state index in [0.717, 1.165) is 28.0 Å². The summed E-state index contributed by atoms with van der Waals surface area (Å²) in [4.78, 5) is 21.7. The number of ether oxygens (including phenoxy) is 1. The Morgan fingerprint density at radius 2 is 1.88 bits per heavy atom. The Morgan fingerprint density at radius 3 is 2.50 bits per heavy atom. The smallest absolute Gasteiger partial charge is 0.410 e. The molecule has 1 amide bonds. The molecule has 0 aliphatic carbocycles. The van der Waals surface area contributed by atoms with E-state index in [1.54, 1.807) is 17.0 Å². The first-order valence-corrected chi connectivity index (χ1v) is 14.1. The molecule has 0 radical (unpaired) electrons. The van der Waals surface area contributed by atoms with E-state index in [4.69, 9.17) is 9.84 Å². The van der Waals surface area contributed by atoms with Crippen molar-refractivity contribution in [2.45, 2.75) is 46.8 Å². The van der Waals surface area contributed by atoms with Crippen molar-refractivity contribution in [3.8, 4) is 17.3 Å². The zero-order valence-corrected chi connectivity index (χ0v) is 24.1. The Labute approximate surface area is 236 Å². The van der Waals surface area contributed by atoms with Gasteiger partial charge in [0, 0.05) is 49.4 Å². The van der Waals surface area contributed by atoms with Crippen LogP contribution in [0.15, 0.2) is 36.4 Å². The van der Waals surface area contributed by atoms with Crippen molar-refractivity contribution in [3.05, 3.63) is 52.7 Å². The quantitative estimate of drug-likeness (QED) is 0.305. The average molecular weight is 562 g/mol. The van der Waals surface area contributed by atoms with Crippen LogP contribution in [0.2, 0.25) is 0 Å². The Bertz CT molecular complexity index is 1590. The van der Waals surface area contributed by atoms with E-state index in [1.165, 1.54) is 23.5 Å². The van der Waals surface area contributed by atoms with Gasteiger partial charge in [0.2, 0.25) is 0 Å². The highest BCUT2D eigenvalue weighted by atomic mass is 32.1. The molecule has 3 heterocycles. The fourth-order valence-corrected chi connectivity index (χ4v) is 5.54. The number of hydrogen-bond donors (Lipinski definition) is 1. The molecule has 1 saturated heterocycles. The number of piperazine rings is 1. The van der Waals surface area contributed by atoms with E-state index in [0.29, 0.717) is 54.0 Å². The molecule has 0 bridgehead atoms. The third kappa shape index (κ3) is 5.58. The lowest BCUT2D eigenvalue weighted by molar-refractivity contribution is 0.0240. The van der Waals surface area contributed by atoms with Gasteiger partial charge in [0.25, 0.3) is 0 Å². The number of nitrogens with one attached hydrogen (secondary N) is 1. The zero-order valence-electron chi connectivity index (χ0n) is 23.3. The third-order valence-corrected chi connectivity index (χ3v) is 7.56. The van der Waals surface area contributed by atoms with Gasteiger partial charge >= 0.3 is 6.09 Å². The SMILES string of the molecule is CCn1nc2c(C)cc(N3CCN(C(=O)OC(C)(C)C)CC3)cc2c1Nc1nc(-c2ccc(F)cc2)c(C#N)s1. The summed E-state index contributed by atoms with van der Waals surface area (Å²) in [5, 5.41) is 19.5. The van der Waals surface area contributed by atoms with Crippen molar-refractivity contribution >= 4 is 45.0 Å². The Morgan fingerprint density at radius 1 is 1.18 bits per heavy atom. The van der Waals surface area contributed by atoms with Crippen LogP contribution < -0.4 is 10.2 Å². The van der Waals surface area contributed by atoms with Crippen LogP contribution >= 0.6 is 11.3 Å². The molecule has 1 aliphatic rings. The number of carbonyl (C=O) groups excluding carboxylic acids is 1. The molecule has 1 fully saturated rings. The van der Waals surface area contributed by atoms with Crippen LogP contribution in [-0.2, 0) is 11.3 Å². The van der Waals surface area contributed by atoms with Crippen LogP contribution in [-0.4, -0.2) is 57.5 Å². The first kappa shape index (κ1) is 27.4. The number of amides is 1. The molecule has 0 unspecified atom stereocenters. The minimum absolute atomic E-state index is 0.283. The zero-order chi connectivity index (χ0) is 28.6. The number of fused-ring (bicyclic) bond motifs is 1. The van der Waals surface area contributed by atoms with Gasteiger partial charge in [-0.3, -0.25) is 0 Å². The number of nitriles is 1. The molecule has 2 aromatic carbocycles. The lowest BCUT2D eigenvalue weighted by atomic mass is 10.1. The van der Waals surface area contributed by atoms with Crippen LogP contribution in [0.3, 0.4) is 0 Å². The lowest BCUT2D eigenvalue weighted by Crippen LogP contribution is -2.50. The third-order valence-electron chi connectivity index (χ3n) is 6.69. The molecule has 1 N–H and O–H groups in total. The van der Waals surface area contributed by atoms with Crippen molar-refractivity contribution in [1.82, 2.24) is 19.7 Å². The molecule has 4 aromatic rings. The van der Waals surface area contributed by atoms with Crippen molar-refractivity contribution in [2.75, 3.05) is 36.4 Å². The lowest BCUT2D eigenvalue weighted by Gasteiger charge is -2.37. The summed E-state index contributed by atoms with van der Waals surface area (Å²) < 4.78 is 20.9. The summed E-state index contributed by atoms with van der Waals surface area (Å²) in [5.74, 6) is 0.449. The van der Waals surface area contributed by atoms with E-state index in [-0.39, 0.29) is 11.9 Å². The van der Waals surface area contributed by atoms with E-state index in [1.807, 2.05) is 39.3 Å². The van der Waals surface area contributed by atoms with Gasteiger partial charge in [0.1, 0.15) is 33.9 Å². The molecule has 9 nitrogen and oxygen atoms in total. The molecule has 11 heteroatoms. The molecule has 0 atom stereocenters. The van der Waals surface area contributed by atoms with Gasteiger partial charge in [-0.05, 0) is 76.6 Å². The summed E-state index contributed by atoms with van der Waals surface area (Å²) in [6.45, 7) is 12.9. The molecule has 0 spiro atoms. The Balaban J connectivity index is 1.43. The number of benzene rings is 2. The molecule has 2 aromatic heterocycles. The standard InChI is InChI=1S/C29H32FN7O2S/c1-6-37-26(33-27-32-25(23(17-31)40-27)19-7-9-20(30)10-8-19)22-16-21(15-18(2)24(22)34-37)35-11-13-36(14-12-35)28(38)39-29(3,4)5/h7-10,15-16H,6,11-14H2,1-5H3,(H,32,33). The monoisotopic (exact) mass is 561 g/mol. The van der Waals surface area contributed by atoms with E-state index < -0.39 is 5.60 Å². The van der Waals surface area contributed by atoms with Gasteiger partial charge in [0.05, 0.1) is 5.52 Å². The number of aryl methyl sites for hydroxylation is 2. The van der Waals surface area contributed by atoms with E-state index in [9.17, 15) is 14.4 Å². The van der Waals surface area contributed by atoms with Crippen LogP contribution in [0.4, 0.5) is 25.8 Å². The summed E-state index contributed by atoms with van der Waals surface area (Å²) in [7, 11) is 0. The van der Waals surface area contributed by atoms with Gasteiger partial charge in [-0.25, -0.2) is 18.9 Å². The largest absolute Gasteiger partial charge is 0.444 e. The second kappa shape index (κ2) is 10.8. The van der Waals surface area contributed by atoms with Gasteiger partial charge in [0.15, 0.2) is 5.13 Å². The van der Waals surface area contributed by atoms with Crippen molar-refractivity contribution in [2.24, 2.45) is 0 Å². The summed E-state index contributed by atoms with van der Waals surface area (Å²) >= 11 is 1.25. The van der Waals surface area contributed by atoms with Crippen molar-refractivity contribution < 1.29 is 13.9 Å². The highest BCUT2D eigenvalue weighted by molar-refractivity contribution is 7.16. The fraction of sp³-hybridized carbons (Fsp3) is 0.379. The second-order valence-electron chi connectivity index (χ2n) is 10.7. The predicted octanol–water partition coefficient (Wildman–Crippen LogP) is 6.30. The molecule has 1 aliphatic heterocycles. The van der Waals surface area contributed by atoms with Crippen LogP contribution in [0.5, 0.6) is 0 Å². The molecular weight excluding hydrogens is 529 g/mol. The number of thiazole rings is 1. The van der Waals surface area contributed by atoms with Gasteiger partial charge < -0.3 is 19.9 Å². The molecule has 40 heavy (non-hydrogen) atoms. The topological polar surface area (TPSA) is 99.3 Å². The summed E-state index contributed by atoms with van der Waals surface area (Å²) in [6, 6.07) is 12.4. The van der Waals surface area contributed by atoms with Crippen LogP contribution in [0, 0.1) is 24.1 Å². The number of rotatable bonds is 5. The fourth-order valence-electron chi connectivity index (χ4n) is 4.75. The van der Waals surface area contributed by atoms with Gasteiger partial charge in [-0.15, -0.1) is 0 Å². The number of nitrogens with zero attached hydrogens (tertiary/aromatic N) is 6. The number of anilines is 3. The first-order valence-electron chi connectivity index (χ1n) is 13.2. The summed E-state index contributed by atoms with van der Waals surface area (Å²) in [6.07, 6.45) is -0.283. The highest BCUT2D eigenvalue weighted by Crippen LogP contribution is 2.36. The van der Waals surface area contributed by atoms with Crippen LogP contribution in [0.1, 0.15) is 38.1 Å². The van der Waals surface area contributed by atoms with Crippen LogP contribution in [0.25, 0.3) is 22.2 Å². The first-order chi connectivity index (χ1) is 19.1. The maximum absolute atomic E-state index is 13.5. The molecule has 208 valence electrons. The second-order valence-corrected chi connectivity index (χ2v) is 11.7. The molecular formula is C29H32FN7O2S. The molecule has 0 saturated carbocycles. The number of carbonyl (C=O) groups is 1. The normalized spacial score (nSPS) is 13.9. The van der Waals surface area contributed by atoms with Gasteiger partial charge in [-0.1, -0.05) is 11.3 Å². The van der Waals surface area contributed by atoms with Crippen molar-refractivity contribution in [3.63, 3.8) is 0 Å².